The van der Waals surface area contributed by atoms with Gasteiger partial charge in [-0.3, -0.25) is 0 Å². The van der Waals surface area contributed by atoms with Crippen LogP contribution in [0.2, 0.25) is 0 Å². The highest BCUT2D eigenvalue weighted by Gasteiger charge is 1.97. The van der Waals surface area contributed by atoms with E-state index in [-0.39, 0.29) is 5.82 Å². The molecule has 0 radical (unpaired) electrons. The van der Waals surface area contributed by atoms with Crippen LogP contribution in [-0.2, 0) is 6.54 Å². The molecule has 3 heteroatoms. The Balaban J connectivity index is 2.45. The van der Waals surface area contributed by atoms with E-state index in [1.807, 2.05) is 13.0 Å². The van der Waals surface area contributed by atoms with Gasteiger partial charge in [-0.2, -0.15) is 5.10 Å². The van der Waals surface area contributed by atoms with Gasteiger partial charge < -0.3 is 5.43 Å². The van der Waals surface area contributed by atoms with Gasteiger partial charge in [0.15, 0.2) is 0 Å². The summed E-state index contributed by atoms with van der Waals surface area (Å²) in [5.41, 5.74) is 3.41. The van der Waals surface area contributed by atoms with Crippen LogP contribution < -0.4 is 5.43 Å². The van der Waals surface area contributed by atoms with Crippen molar-refractivity contribution in [2.75, 3.05) is 0 Å². The third-order valence-electron chi connectivity index (χ3n) is 1.59. The van der Waals surface area contributed by atoms with Gasteiger partial charge in [-0.05, 0) is 12.5 Å². The zero-order valence-corrected chi connectivity index (χ0v) is 7.63. The summed E-state index contributed by atoms with van der Waals surface area (Å²) in [6.07, 6.45) is 2.63. The van der Waals surface area contributed by atoms with E-state index < -0.39 is 0 Å². The molecule has 0 bridgehead atoms. The minimum absolute atomic E-state index is 0.193. The first kappa shape index (κ1) is 9.71. The standard InChI is InChI=1S/C10H13FN2/c1-2-7-12-13-8-9-5-3-4-6-10(9)11/h3-7,13H,2,8H2,1H3/b12-7-. The van der Waals surface area contributed by atoms with E-state index in [0.717, 1.165) is 6.42 Å². The number of hydrogen-bond donors (Lipinski definition) is 1. The van der Waals surface area contributed by atoms with E-state index in [1.165, 1.54) is 6.07 Å². The Morgan fingerprint density at radius 3 is 2.92 bits per heavy atom. The second-order valence-corrected chi connectivity index (χ2v) is 2.65. The van der Waals surface area contributed by atoms with E-state index in [1.54, 1.807) is 18.3 Å². The monoisotopic (exact) mass is 180 g/mol. The average molecular weight is 180 g/mol. The van der Waals surface area contributed by atoms with Gasteiger partial charge >= 0.3 is 0 Å². The topological polar surface area (TPSA) is 24.4 Å². The van der Waals surface area contributed by atoms with E-state index in [4.69, 9.17) is 0 Å². The summed E-state index contributed by atoms with van der Waals surface area (Å²) in [6.45, 7) is 2.43. The van der Waals surface area contributed by atoms with E-state index in [2.05, 4.69) is 10.5 Å². The Hall–Kier alpha value is -1.38. The van der Waals surface area contributed by atoms with Crippen LogP contribution in [0.4, 0.5) is 4.39 Å². The first-order valence-electron chi connectivity index (χ1n) is 4.32. The van der Waals surface area contributed by atoms with Gasteiger partial charge in [0, 0.05) is 11.8 Å². The SMILES string of the molecule is CC/C=N\NCc1ccccc1F. The first-order chi connectivity index (χ1) is 6.34. The van der Waals surface area contributed by atoms with Crippen LogP contribution in [0.3, 0.4) is 0 Å². The van der Waals surface area contributed by atoms with Crippen LogP contribution in [-0.4, -0.2) is 6.21 Å². The lowest BCUT2D eigenvalue weighted by Crippen LogP contribution is -2.06. The lowest BCUT2D eigenvalue weighted by molar-refractivity contribution is 0.595. The third-order valence-corrected chi connectivity index (χ3v) is 1.59. The Bertz CT molecular complexity index is 284. The van der Waals surface area contributed by atoms with Crippen molar-refractivity contribution >= 4 is 6.21 Å². The fourth-order valence-electron chi connectivity index (χ4n) is 0.928. The minimum atomic E-state index is -0.193. The van der Waals surface area contributed by atoms with Crippen molar-refractivity contribution < 1.29 is 4.39 Å². The van der Waals surface area contributed by atoms with Crippen molar-refractivity contribution in [2.24, 2.45) is 5.10 Å². The van der Waals surface area contributed by atoms with Crippen molar-refractivity contribution in [3.05, 3.63) is 35.6 Å². The van der Waals surface area contributed by atoms with Crippen molar-refractivity contribution in [2.45, 2.75) is 19.9 Å². The van der Waals surface area contributed by atoms with Gasteiger partial charge in [0.25, 0.3) is 0 Å². The molecule has 1 N–H and O–H groups in total. The van der Waals surface area contributed by atoms with Crippen molar-refractivity contribution in [3.8, 4) is 0 Å². The first-order valence-corrected chi connectivity index (χ1v) is 4.32. The number of halogens is 1. The van der Waals surface area contributed by atoms with Crippen LogP contribution in [0.15, 0.2) is 29.4 Å². The molecule has 2 nitrogen and oxygen atoms in total. The molecule has 1 aromatic rings. The van der Waals surface area contributed by atoms with Crippen LogP contribution in [0.25, 0.3) is 0 Å². The maximum absolute atomic E-state index is 13.0. The largest absolute Gasteiger partial charge is 0.306 e. The minimum Gasteiger partial charge on any atom is -0.306 e. The molecular formula is C10H13FN2. The summed E-state index contributed by atoms with van der Waals surface area (Å²) in [5, 5.41) is 3.88. The maximum Gasteiger partial charge on any atom is 0.128 e. The molecule has 0 spiro atoms. The summed E-state index contributed by atoms with van der Waals surface area (Å²) in [5.74, 6) is -0.193. The molecule has 1 aromatic carbocycles. The van der Waals surface area contributed by atoms with E-state index >= 15 is 0 Å². The highest BCUT2D eigenvalue weighted by molar-refractivity contribution is 5.55. The molecule has 1 rings (SSSR count). The number of hydrogen-bond acceptors (Lipinski definition) is 2. The molecule has 0 fully saturated rings. The summed E-state index contributed by atoms with van der Waals surface area (Å²) in [7, 11) is 0. The highest BCUT2D eigenvalue weighted by Crippen LogP contribution is 2.04. The van der Waals surface area contributed by atoms with E-state index in [0.29, 0.717) is 12.1 Å². The molecule has 0 amide bonds. The molecule has 13 heavy (non-hydrogen) atoms. The highest BCUT2D eigenvalue weighted by atomic mass is 19.1. The van der Waals surface area contributed by atoms with Crippen LogP contribution in [0.5, 0.6) is 0 Å². The number of nitrogens with one attached hydrogen (secondary N) is 1. The molecule has 0 heterocycles. The normalized spacial score (nSPS) is 10.6. The average Bonchev–Trinajstić information content (AvgIpc) is 2.15. The summed E-state index contributed by atoms with van der Waals surface area (Å²) < 4.78 is 13.0. The summed E-state index contributed by atoms with van der Waals surface area (Å²) >= 11 is 0. The fourth-order valence-corrected chi connectivity index (χ4v) is 0.928. The Morgan fingerprint density at radius 2 is 2.23 bits per heavy atom. The van der Waals surface area contributed by atoms with Gasteiger partial charge in [-0.25, -0.2) is 4.39 Å². The predicted molar refractivity (Wildman–Crippen MR) is 52.0 cm³/mol. The van der Waals surface area contributed by atoms with Gasteiger partial charge in [0.1, 0.15) is 5.82 Å². The molecule has 0 aliphatic rings. The molecule has 0 unspecified atom stereocenters. The zero-order valence-electron chi connectivity index (χ0n) is 7.63. The predicted octanol–water partition coefficient (Wildman–Crippen LogP) is 2.31. The molecule has 70 valence electrons. The van der Waals surface area contributed by atoms with Crippen molar-refractivity contribution in [3.63, 3.8) is 0 Å². The van der Waals surface area contributed by atoms with Crippen molar-refractivity contribution in [1.29, 1.82) is 0 Å². The fraction of sp³-hybridized carbons (Fsp3) is 0.300. The molecule has 0 aliphatic carbocycles. The van der Waals surface area contributed by atoms with Gasteiger partial charge in [-0.1, -0.05) is 25.1 Å². The Labute approximate surface area is 77.5 Å². The lowest BCUT2D eigenvalue weighted by atomic mass is 10.2. The van der Waals surface area contributed by atoms with Crippen LogP contribution in [0, 0.1) is 5.82 Å². The Kier molecular flexibility index (Phi) is 3.96. The number of hydrazone groups is 1. The van der Waals surface area contributed by atoms with Gasteiger partial charge in [-0.15, -0.1) is 0 Å². The van der Waals surface area contributed by atoms with Crippen LogP contribution >= 0.6 is 0 Å². The Morgan fingerprint density at radius 1 is 1.46 bits per heavy atom. The molecule has 0 aliphatic heterocycles. The quantitative estimate of drug-likeness (QED) is 0.558. The lowest BCUT2D eigenvalue weighted by Gasteiger charge is -2.01. The van der Waals surface area contributed by atoms with Crippen LogP contribution in [0.1, 0.15) is 18.9 Å². The summed E-state index contributed by atoms with van der Waals surface area (Å²) in [4.78, 5) is 0. The second-order valence-electron chi connectivity index (χ2n) is 2.65. The molecule has 0 saturated carbocycles. The van der Waals surface area contributed by atoms with Crippen molar-refractivity contribution in [1.82, 2.24) is 5.43 Å². The van der Waals surface area contributed by atoms with Gasteiger partial charge in [0.05, 0.1) is 6.54 Å². The molecular weight excluding hydrogens is 167 g/mol. The zero-order chi connectivity index (χ0) is 9.52. The summed E-state index contributed by atoms with van der Waals surface area (Å²) in [6, 6.07) is 6.67. The second kappa shape index (κ2) is 5.30. The number of rotatable bonds is 4. The molecule has 0 aromatic heterocycles. The number of nitrogens with zero attached hydrogens (tertiary/aromatic N) is 1. The van der Waals surface area contributed by atoms with Gasteiger partial charge in [0.2, 0.25) is 0 Å². The van der Waals surface area contributed by atoms with E-state index in [9.17, 15) is 4.39 Å². The maximum atomic E-state index is 13.0. The third kappa shape index (κ3) is 3.23. The molecule has 0 atom stereocenters. The number of benzene rings is 1. The smallest absolute Gasteiger partial charge is 0.128 e. The molecule has 0 saturated heterocycles.